The molecule has 6 nitrogen and oxygen atoms in total. The molecule has 2 amide bonds. The number of hydrogen-bond acceptors (Lipinski definition) is 3. The van der Waals surface area contributed by atoms with E-state index in [4.69, 9.17) is 10.4 Å². The molecule has 0 spiro atoms. The van der Waals surface area contributed by atoms with Gasteiger partial charge in [-0.3, -0.25) is 4.79 Å². The minimum Gasteiger partial charge on any atom is -0.481 e. The number of carboxylic acids is 1. The number of anilines is 1. The number of nitrogens with zero attached hydrogens (tertiary/aromatic N) is 1. The van der Waals surface area contributed by atoms with Crippen LogP contribution in [0.1, 0.15) is 31.7 Å². The number of urea groups is 1. The third-order valence-corrected chi connectivity index (χ3v) is 3.05. The number of carbonyl (C=O) groups is 2. The second kappa shape index (κ2) is 8.59. The van der Waals surface area contributed by atoms with Crippen LogP contribution in [0.15, 0.2) is 24.3 Å². The second-order valence-corrected chi connectivity index (χ2v) is 4.90. The molecule has 0 aromatic heterocycles. The smallest absolute Gasteiger partial charge is 0.319 e. The van der Waals surface area contributed by atoms with Gasteiger partial charge in [-0.1, -0.05) is 6.92 Å². The van der Waals surface area contributed by atoms with E-state index < -0.39 is 5.97 Å². The van der Waals surface area contributed by atoms with Crippen molar-refractivity contribution in [3.8, 4) is 6.07 Å². The summed E-state index contributed by atoms with van der Waals surface area (Å²) in [6.45, 7) is 2.45. The van der Waals surface area contributed by atoms with Gasteiger partial charge in [0.1, 0.15) is 0 Å². The lowest BCUT2D eigenvalue weighted by Crippen LogP contribution is -2.30. The molecule has 0 radical (unpaired) electrons. The van der Waals surface area contributed by atoms with E-state index in [-0.39, 0.29) is 18.4 Å². The summed E-state index contributed by atoms with van der Waals surface area (Å²) in [6.07, 6.45) is 1.49. The van der Waals surface area contributed by atoms with Gasteiger partial charge < -0.3 is 15.7 Å². The number of aliphatic carboxylic acids is 1. The molecule has 21 heavy (non-hydrogen) atoms. The summed E-state index contributed by atoms with van der Waals surface area (Å²) >= 11 is 0. The predicted octanol–water partition coefficient (Wildman–Crippen LogP) is 2.57. The van der Waals surface area contributed by atoms with E-state index in [1.54, 1.807) is 24.3 Å². The number of nitrogens with one attached hydrogen (secondary N) is 2. The molecule has 0 fully saturated rings. The Labute approximate surface area is 123 Å². The summed E-state index contributed by atoms with van der Waals surface area (Å²) in [7, 11) is 0. The molecule has 1 aromatic carbocycles. The van der Waals surface area contributed by atoms with Gasteiger partial charge in [-0.2, -0.15) is 5.26 Å². The molecule has 1 atom stereocenters. The molecule has 3 N–H and O–H groups in total. The molecular formula is C15H19N3O3. The molecule has 0 aliphatic rings. The van der Waals surface area contributed by atoms with Crippen molar-refractivity contribution in [2.24, 2.45) is 5.92 Å². The minimum atomic E-state index is -0.798. The van der Waals surface area contributed by atoms with Crippen molar-refractivity contribution in [1.82, 2.24) is 5.32 Å². The molecule has 0 aliphatic carbocycles. The van der Waals surface area contributed by atoms with Crippen LogP contribution < -0.4 is 10.6 Å². The number of amides is 2. The number of nitriles is 1. The lowest BCUT2D eigenvalue weighted by atomic mass is 10.0. The second-order valence-electron chi connectivity index (χ2n) is 4.90. The molecule has 0 bridgehead atoms. The van der Waals surface area contributed by atoms with E-state index in [0.29, 0.717) is 24.2 Å². The van der Waals surface area contributed by atoms with Crippen molar-refractivity contribution in [3.05, 3.63) is 29.8 Å². The Bertz CT molecular complexity index is 520. The SMILES string of the molecule is CC(CCNC(=O)Nc1ccc(C#N)cc1)CCC(=O)O. The molecule has 1 aromatic rings. The molecule has 1 unspecified atom stereocenters. The van der Waals surface area contributed by atoms with Crippen LogP contribution >= 0.6 is 0 Å². The zero-order valence-corrected chi connectivity index (χ0v) is 11.9. The van der Waals surface area contributed by atoms with E-state index in [1.807, 2.05) is 13.0 Å². The van der Waals surface area contributed by atoms with Crippen molar-refractivity contribution in [3.63, 3.8) is 0 Å². The van der Waals surface area contributed by atoms with Crippen LogP contribution in [-0.4, -0.2) is 23.7 Å². The Morgan fingerprint density at radius 2 is 1.95 bits per heavy atom. The maximum Gasteiger partial charge on any atom is 0.319 e. The molecule has 0 heterocycles. The van der Waals surface area contributed by atoms with Gasteiger partial charge in [0.05, 0.1) is 11.6 Å². The Balaban J connectivity index is 2.24. The average molecular weight is 289 g/mol. The van der Waals surface area contributed by atoms with Crippen molar-refractivity contribution in [1.29, 1.82) is 5.26 Å². The summed E-state index contributed by atoms with van der Waals surface area (Å²) in [4.78, 5) is 22.1. The maximum atomic E-state index is 11.6. The number of benzene rings is 1. The summed E-state index contributed by atoms with van der Waals surface area (Å²) in [6, 6.07) is 8.27. The lowest BCUT2D eigenvalue weighted by Gasteiger charge is -2.11. The first kappa shape index (κ1) is 16.5. The number of rotatable bonds is 7. The number of hydrogen-bond donors (Lipinski definition) is 3. The average Bonchev–Trinajstić information content (AvgIpc) is 2.46. The lowest BCUT2D eigenvalue weighted by molar-refractivity contribution is -0.137. The van der Waals surface area contributed by atoms with Crippen LogP contribution in [0.4, 0.5) is 10.5 Å². The molecular weight excluding hydrogens is 270 g/mol. The minimum absolute atomic E-state index is 0.151. The first-order valence-corrected chi connectivity index (χ1v) is 6.78. The number of carbonyl (C=O) groups excluding carboxylic acids is 1. The standard InChI is InChI=1S/C15H19N3O3/c1-11(2-7-14(19)20)8-9-17-15(21)18-13-5-3-12(10-16)4-6-13/h3-6,11H,2,7-9H2,1H3,(H,19,20)(H2,17,18,21). The molecule has 6 heteroatoms. The Morgan fingerprint density at radius 3 is 2.52 bits per heavy atom. The summed E-state index contributed by atoms with van der Waals surface area (Å²) < 4.78 is 0. The van der Waals surface area contributed by atoms with E-state index in [1.165, 1.54) is 0 Å². The van der Waals surface area contributed by atoms with Gasteiger partial charge in [0.25, 0.3) is 0 Å². The molecule has 0 saturated carbocycles. The van der Waals surface area contributed by atoms with Crippen molar-refractivity contribution < 1.29 is 14.7 Å². The summed E-state index contributed by atoms with van der Waals surface area (Å²) in [5, 5.41) is 22.6. The zero-order valence-electron chi connectivity index (χ0n) is 11.9. The van der Waals surface area contributed by atoms with Gasteiger partial charge in [-0.05, 0) is 43.0 Å². The van der Waals surface area contributed by atoms with Crippen LogP contribution in [0.25, 0.3) is 0 Å². The fourth-order valence-electron chi connectivity index (χ4n) is 1.75. The summed E-state index contributed by atoms with van der Waals surface area (Å²) in [5.74, 6) is -0.551. The first-order valence-electron chi connectivity index (χ1n) is 6.78. The highest BCUT2D eigenvalue weighted by Crippen LogP contribution is 2.10. The maximum absolute atomic E-state index is 11.6. The largest absolute Gasteiger partial charge is 0.481 e. The van der Waals surface area contributed by atoms with E-state index in [0.717, 1.165) is 6.42 Å². The van der Waals surface area contributed by atoms with Crippen molar-refractivity contribution >= 4 is 17.7 Å². The normalized spacial score (nSPS) is 11.2. The van der Waals surface area contributed by atoms with Crippen LogP contribution in [0, 0.1) is 17.2 Å². The molecule has 0 saturated heterocycles. The highest BCUT2D eigenvalue weighted by atomic mass is 16.4. The van der Waals surface area contributed by atoms with Gasteiger partial charge in [0.2, 0.25) is 0 Å². The fourth-order valence-corrected chi connectivity index (χ4v) is 1.75. The van der Waals surface area contributed by atoms with Crippen molar-refractivity contribution in [2.45, 2.75) is 26.2 Å². The van der Waals surface area contributed by atoms with Crippen LogP contribution in [0.3, 0.4) is 0 Å². The topological polar surface area (TPSA) is 102 Å². The van der Waals surface area contributed by atoms with E-state index >= 15 is 0 Å². The quantitative estimate of drug-likeness (QED) is 0.717. The molecule has 0 aliphatic heterocycles. The van der Waals surface area contributed by atoms with Crippen LogP contribution in [0.2, 0.25) is 0 Å². The van der Waals surface area contributed by atoms with E-state index in [2.05, 4.69) is 10.6 Å². The first-order chi connectivity index (χ1) is 10.0. The van der Waals surface area contributed by atoms with Gasteiger partial charge >= 0.3 is 12.0 Å². The predicted molar refractivity (Wildman–Crippen MR) is 78.8 cm³/mol. The summed E-state index contributed by atoms with van der Waals surface area (Å²) in [5.41, 5.74) is 1.15. The molecule has 1 rings (SSSR count). The van der Waals surface area contributed by atoms with Gasteiger partial charge in [-0.25, -0.2) is 4.79 Å². The third kappa shape index (κ3) is 6.97. The van der Waals surface area contributed by atoms with Gasteiger partial charge in [-0.15, -0.1) is 0 Å². The van der Waals surface area contributed by atoms with E-state index in [9.17, 15) is 9.59 Å². The highest BCUT2D eigenvalue weighted by molar-refractivity contribution is 5.89. The van der Waals surface area contributed by atoms with Crippen molar-refractivity contribution in [2.75, 3.05) is 11.9 Å². The van der Waals surface area contributed by atoms with Gasteiger partial charge in [0.15, 0.2) is 0 Å². The highest BCUT2D eigenvalue weighted by Gasteiger charge is 2.07. The monoisotopic (exact) mass is 289 g/mol. The molecule has 112 valence electrons. The Hall–Kier alpha value is -2.55. The van der Waals surface area contributed by atoms with Gasteiger partial charge in [0, 0.05) is 18.7 Å². The number of carboxylic acid groups (broad SMARTS) is 1. The third-order valence-electron chi connectivity index (χ3n) is 3.05. The van der Waals surface area contributed by atoms with Crippen LogP contribution in [-0.2, 0) is 4.79 Å². The Kier molecular flexibility index (Phi) is 6.75. The Morgan fingerprint density at radius 1 is 1.29 bits per heavy atom. The van der Waals surface area contributed by atoms with Crippen LogP contribution in [0.5, 0.6) is 0 Å². The zero-order chi connectivity index (χ0) is 15.7. The fraction of sp³-hybridized carbons (Fsp3) is 0.400.